The van der Waals surface area contributed by atoms with E-state index in [0.717, 1.165) is 10.1 Å². The molecule has 7 heteroatoms. The van der Waals surface area contributed by atoms with Crippen LogP contribution in [0.1, 0.15) is 31.9 Å². The van der Waals surface area contributed by atoms with Crippen molar-refractivity contribution in [2.45, 2.75) is 30.5 Å². The summed E-state index contributed by atoms with van der Waals surface area (Å²) < 4.78 is 6.45. The molecule has 3 rings (SSSR count). The summed E-state index contributed by atoms with van der Waals surface area (Å²) in [5.41, 5.74) is 2.33. The summed E-state index contributed by atoms with van der Waals surface area (Å²) in [5.74, 6) is 1.32. The molecule has 3 aromatic rings. The number of aromatic nitrogens is 2. The number of nitrogens with zero attached hydrogens (tertiary/aromatic N) is 2. The molecule has 0 radical (unpaired) electrons. The minimum absolute atomic E-state index is 0.0722. The predicted molar refractivity (Wildman–Crippen MR) is 115 cm³/mol. The van der Waals surface area contributed by atoms with E-state index in [1.807, 2.05) is 37.3 Å². The summed E-state index contributed by atoms with van der Waals surface area (Å²) in [6.45, 7) is 6.36. The lowest BCUT2D eigenvalue weighted by atomic mass is 9.78. The minimum atomic E-state index is -0.252. The topological polar surface area (TPSA) is 64.1 Å². The van der Waals surface area contributed by atoms with Gasteiger partial charge in [0.05, 0.1) is 0 Å². The highest BCUT2D eigenvalue weighted by atomic mass is 32.2. The second kappa shape index (κ2) is 9.21. The molecular formula is C21H23N3O2S2. The molecule has 1 heterocycles. The van der Waals surface area contributed by atoms with E-state index < -0.39 is 0 Å². The Hall–Kier alpha value is -2.38. The zero-order chi connectivity index (χ0) is 20.0. The number of rotatable bonds is 8. The molecule has 0 bridgehead atoms. The van der Waals surface area contributed by atoms with Gasteiger partial charge in [0.2, 0.25) is 5.13 Å². The normalized spacial score (nSPS) is 11.2. The molecule has 146 valence electrons. The van der Waals surface area contributed by atoms with Crippen molar-refractivity contribution in [2.24, 2.45) is 0 Å². The van der Waals surface area contributed by atoms with Crippen molar-refractivity contribution in [3.8, 4) is 5.75 Å². The van der Waals surface area contributed by atoms with Crippen molar-refractivity contribution >= 4 is 34.1 Å². The standard InChI is InChI=1S/C21H23N3O2S2/c1-4-27-20-24-23-19(28-20)22-18(25)14-26-17-12-10-16(11-13-17)21(2,3)15-8-6-5-7-9-15/h5-13H,4,14H2,1-3H3,(H,22,23,25). The molecule has 0 aliphatic heterocycles. The molecule has 1 N–H and O–H groups in total. The Bertz CT molecular complexity index is 909. The summed E-state index contributed by atoms with van der Waals surface area (Å²) in [7, 11) is 0. The fourth-order valence-electron chi connectivity index (χ4n) is 2.74. The average molecular weight is 414 g/mol. The first-order valence-electron chi connectivity index (χ1n) is 9.04. The third kappa shape index (κ3) is 5.11. The fourth-order valence-corrected chi connectivity index (χ4v) is 4.40. The molecule has 5 nitrogen and oxygen atoms in total. The van der Waals surface area contributed by atoms with Crippen LogP contribution >= 0.6 is 23.1 Å². The van der Waals surface area contributed by atoms with Crippen LogP contribution in [0.25, 0.3) is 0 Å². The van der Waals surface area contributed by atoms with E-state index in [-0.39, 0.29) is 17.9 Å². The van der Waals surface area contributed by atoms with E-state index in [4.69, 9.17) is 4.74 Å². The fraction of sp³-hybridized carbons (Fsp3) is 0.286. The summed E-state index contributed by atoms with van der Waals surface area (Å²) in [4.78, 5) is 12.1. The van der Waals surface area contributed by atoms with Crippen molar-refractivity contribution in [2.75, 3.05) is 17.7 Å². The molecule has 0 aliphatic carbocycles. The molecule has 28 heavy (non-hydrogen) atoms. The van der Waals surface area contributed by atoms with Crippen LogP contribution < -0.4 is 10.1 Å². The van der Waals surface area contributed by atoms with Crippen molar-refractivity contribution < 1.29 is 9.53 Å². The van der Waals surface area contributed by atoms with Gasteiger partial charge in [-0.05, 0) is 29.0 Å². The second-order valence-electron chi connectivity index (χ2n) is 6.66. The van der Waals surface area contributed by atoms with Gasteiger partial charge in [-0.3, -0.25) is 10.1 Å². The number of ether oxygens (including phenoxy) is 1. The number of hydrogen-bond acceptors (Lipinski definition) is 6. The van der Waals surface area contributed by atoms with Gasteiger partial charge in [0, 0.05) is 5.41 Å². The van der Waals surface area contributed by atoms with E-state index in [0.29, 0.717) is 10.9 Å². The van der Waals surface area contributed by atoms with Gasteiger partial charge in [-0.15, -0.1) is 10.2 Å². The molecule has 0 spiro atoms. The van der Waals surface area contributed by atoms with E-state index in [1.54, 1.807) is 11.8 Å². The van der Waals surface area contributed by atoms with Crippen molar-refractivity contribution in [1.29, 1.82) is 0 Å². The molecular weight excluding hydrogens is 390 g/mol. The Labute approximate surface area is 173 Å². The minimum Gasteiger partial charge on any atom is -0.484 e. The average Bonchev–Trinajstić information content (AvgIpc) is 3.14. The second-order valence-corrected chi connectivity index (χ2v) is 9.15. The first-order valence-corrected chi connectivity index (χ1v) is 10.8. The van der Waals surface area contributed by atoms with Crippen LogP contribution in [0.5, 0.6) is 5.75 Å². The van der Waals surface area contributed by atoms with Crippen molar-refractivity contribution in [3.63, 3.8) is 0 Å². The quantitative estimate of drug-likeness (QED) is 0.416. The lowest BCUT2D eigenvalue weighted by Gasteiger charge is -2.26. The number of carbonyl (C=O) groups is 1. The Morgan fingerprint density at radius 1 is 1.07 bits per heavy atom. The van der Waals surface area contributed by atoms with Gasteiger partial charge >= 0.3 is 0 Å². The lowest BCUT2D eigenvalue weighted by molar-refractivity contribution is -0.118. The first kappa shape index (κ1) is 20.4. The number of anilines is 1. The van der Waals surface area contributed by atoms with Gasteiger partial charge in [0.1, 0.15) is 5.75 Å². The first-order chi connectivity index (χ1) is 13.5. The van der Waals surface area contributed by atoms with E-state index in [1.165, 1.54) is 22.5 Å². The molecule has 0 saturated heterocycles. The zero-order valence-corrected chi connectivity index (χ0v) is 17.8. The van der Waals surface area contributed by atoms with Gasteiger partial charge in [-0.2, -0.15) is 0 Å². The van der Waals surface area contributed by atoms with Gasteiger partial charge < -0.3 is 4.74 Å². The van der Waals surface area contributed by atoms with Gasteiger partial charge in [0.15, 0.2) is 10.9 Å². The highest BCUT2D eigenvalue weighted by Crippen LogP contribution is 2.32. The number of nitrogens with one attached hydrogen (secondary N) is 1. The number of amides is 1. The molecule has 0 unspecified atom stereocenters. The molecule has 0 atom stereocenters. The highest BCUT2D eigenvalue weighted by Gasteiger charge is 2.22. The third-order valence-corrected chi connectivity index (χ3v) is 6.22. The van der Waals surface area contributed by atoms with Crippen LogP contribution in [0.15, 0.2) is 58.9 Å². The molecule has 1 aromatic heterocycles. The maximum Gasteiger partial charge on any atom is 0.264 e. The van der Waals surface area contributed by atoms with Crippen molar-refractivity contribution in [1.82, 2.24) is 10.2 Å². The molecule has 0 aliphatic rings. The Balaban J connectivity index is 1.56. The SMILES string of the molecule is CCSc1nnc(NC(=O)COc2ccc(C(C)(C)c3ccccc3)cc2)s1. The maximum atomic E-state index is 12.1. The summed E-state index contributed by atoms with van der Waals surface area (Å²) in [6.07, 6.45) is 0. The Kier molecular flexibility index (Phi) is 6.70. The summed E-state index contributed by atoms with van der Waals surface area (Å²) in [6, 6.07) is 18.3. The maximum absolute atomic E-state index is 12.1. The zero-order valence-electron chi connectivity index (χ0n) is 16.1. The number of carbonyl (C=O) groups excluding carboxylic acids is 1. The van der Waals surface area contributed by atoms with Crippen LogP contribution in [0.2, 0.25) is 0 Å². The summed E-state index contributed by atoms with van der Waals surface area (Å²) >= 11 is 2.96. The Morgan fingerprint density at radius 3 is 2.43 bits per heavy atom. The number of thioether (sulfide) groups is 1. The molecule has 0 fully saturated rings. The Morgan fingerprint density at radius 2 is 1.75 bits per heavy atom. The molecule has 0 saturated carbocycles. The highest BCUT2D eigenvalue weighted by molar-refractivity contribution is 8.01. The monoisotopic (exact) mass is 413 g/mol. The number of benzene rings is 2. The van der Waals surface area contributed by atoms with Crippen LogP contribution in [-0.2, 0) is 10.2 Å². The smallest absolute Gasteiger partial charge is 0.264 e. The third-order valence-electron chi connectivity index (χ3n) is 4.36. The van der Waals surface area contributed by atoms with Crippen LogP contribution in [0.3, 0.4) is 0 Å². The predicted octanol–water partition coefficient (Wildman–Crippen LogP) is 4.99. The van der Waals surface area contributed by atoms with Crippen LogP contribution in [0, 0.1) is 0 Å². The largest absolute Gasteiger partial charge is 0.484 e. The number of hydrogen-bond donors (Lipinski definition) is 1. The van der Waals surface area contributed by atoms with Gasteiger partial charge in [-0.25, -0.2) is 0 Å². The van der Waals surface area contributed by atoms with E-state index in [2.05, 4.69) is 53.6 Å². The van der Waals surface area contributed by atoms with Gasteiger partial charge in [-0.1, -0.05) is 86.3 Å². The molecule has 1 amide bonds. The lowest BCUT2D eigenvalue weighted by Crippen LogP contribution is -2.20. The summed E-state index contributed by atoms with van der Waals surface area (Å²) in [5, 5.41) is 11.2. The molecule has 2 aromatic carbocycles. The van der Waals surface area contributed by atoms with E-state index >= 15 is 0 Å². The van der Waals surface area contributed by atoms with Gasteiger partial charge in [0.25, 0.3) is 5.91 Å². The van der Waals surface area contributed by atoms with Crippen molar-refractivity contribution in [3.05, 3.63) is 65.7 Å². The van der Waals surface area contributed by atoms with Crippen LogP contribution in [-0.4, -0.2) is 28.5 Å². The van der Waals surface area contributed by atoms with Crippen LogP contribution in [0.4, 0.5) is 5.13 Å². The van der Waals surface area contributed by atoms with E-state index in [9.17, 15) is 4.79 Å².